The second kappa shape index (κ2) is 8.46. The molecule has 1 aromatic heterocycles. The van der Waals surface area contributed by atoms with Gasteiger partial charge in [-0.1, -0.05) is 22.9 Å². The zero-order chi connectivity index (χ0) is 18.4. The Kier molecular flexibility index (Phi) is 6.33. The first-order chi connectivity index (χ1) is 11.9. The lowest BCUT2D eigenvalue weighted by Gasteiger charge is -2.08. The molecule has 0 unspecified atom stereocenters. The number of nitriles is 1. The van der Waals surface area contributed by atoms with E-state index < -0.39 is 18.5 Å². The standard InChI is InChI=1S/C16H14ClN3O4S/c1-10-9-25-16(23)20(10)5-4-15(22)24-8-14(21)19-12-3-2-11(7-18)13(17)6-12/h2-3,6,9H,4-5,8H2,1H3,(H,19,21). The van der Waals surface area contributed by atoms with E-state index in [2.05, 4.69) is 5.32 Å². The van der Waals surface area contributed by atoms with E-state index in [0.29, 0.717) is 11.3 Å². The third kappa shape index (κ3) is 5.17. The van der Waals surface area contributed by atoms with Crippen molar-refractivity contribution >= 4 is 40.5 Å². The molecule has 0 radical (unpaired) electrons. The summed E-state index contributed by atoms with van der Waals surface area (Å²) < 4.78 is 6.36. The van der Waals surface area contributed by atoms with Crippen LogP contribution in [-0.2, 0) is 20.9 Å². The number of benzene rings is 1. The fraction of sp³-hybridized carbons (Fsp3) is 0.250. The average molecular weight is 380 g/mol. The highest BCUT2D eigenvalue weighted by Gasteiger charge is 2.11. The lowest BCUT2D eigenvalue weighted by Crippen LogP contribution is -2.22. The second-order valence-corrected chi connectivity index (χ2v) is 6.29. The predicted molar refractivity (Wildman–Crippen MR) is 93.7 cm³/mol. The number of aromatic nitrogens is 1. The second-order valence-electron chi connectivity index (χ2n) is 5.06. The molecule has 1 amide bonds. The Bertz CT molecular complexity index is 898. The maximum atomic E-state index is 11.8. The van der Waals surface area contributed by atoms with Crippen LogP contribution in [0, 0.1) is 18.3 Å². The molecule has 0 saturated heterocycles. The van der Waals surface area contributed by atoms with Crippen LogP contribution in [0.3, 0.4) is 0 Å². The van der Waals surface area contributed by atoms with E-state index in [9.17, 15) is 14.4 Å². The van der Waals surface area contributed by atoms with Crippen LogP contribution < -0.4 is 10.2 Å². The van der Waals surface area contributed by atoms with E-state index in [1.807, 2.05) is 6.07 Å². The number of halogens is 1. The van der Waals surface area contributed by atoms with Crippen molar-refractivity contribution in [1.82, 2.24) is 4.57 Å². The Labute approximate surface area is 152 Å². The number of carbonyl (C=O) groups excluding carboxylic acids is 2. The van der Waals surface area contributed by atoms with E-state index >= 15 is 0 Å². The Morgan fingerprint density at radius 1 is 1.44 bits per heavy atom. The van der Waals surface area contributed by atoms with Crippen LogP contribution in [0.4, 0.5) is 5.69 Å². The van der Waals surface area contributed by atoms with Crippen LogP contribution in [-0.4, -0.2) is 23.1 Å². The largest absolute Gasteiger partial charge is 0.456 e. The minimum atomic E-state index is -0.578. The van der Waals surface area contributed by atoms with E-state index in [1.165, 1.54) is 22.8 Å². The molecule has 25 heavy (non-hydrogen) atoms. The summed E-state index contributed by atoms with van der Waals surface area (Å²) in [6.07, 6.45) is -0.00649. The van der Waals surface area contributed by atoms with Gasteiger partial charge in [0.25, 0.3) is 5.91 Å². The van der Waals surface area contributed by atoms with Crippen LogP contribution in [0.15, 0.2) is 28.4 Å². The monoisotopic (exact) mass is 379 g/mol. The number of amides is 1. The summed E-state index contributed by atoms with van der Waals surface area (Å²) in [5.41, 5.74) is 1.47. The van der Waals surface area contributed by atoms with Crippen molar-refractivity contribution in [3.8, 4) is 6.07 Å². The molecule has 0 aliphatic rings. The van der Waals surface area contributed by atoms with Crippen molar-refractivity contribution in [3.63, 3.8) is 0 Å². The first kappa shape index (κ1) is 18.7. The molecule has 0 aliphatic carbocycles. The molecule has 7 nitrogen and oxygen atoms in total. The number of ether oxygens (including phenoxy) is 1. The van der Waals surface area contributed by atoms with Crippen molar-refractivity contribution < 1.29 is 14.3 Å². The molecule has 0 spiro atoms. The summed E-state index contributed by atoms with van der Waals surface area (Å²) >= 11 is 6.94. The number of hydrogen-bond acceptors (Lipinski definition) is 6. The normalized spacial score (nSPS) is 10.1. The van der Waals surface area contributed by atoms with Crippen molar-refractivity contribution in [2.75, 3.05) is 11.9 Å². The number of anilines is 1. The van der Waals surface area contributed by atoms with Gasteiger partial charge >= 0.3 is 10.8 Å². The number of aryl methyl sites for hydroxylation is 1. The summed E-state index contributed by atoms with van der Waals surface area (Å²) in [6.45, 7) is 1.53. The van der Waals surface area contributed by atoms with Crippen molar-refractivity contribution in [2.45, 2.75) is 19.9 Å². The highest BCUT2D eigenvalue weighted by atomic mass is 35.5. The van der Waals surface area contributed by atoms with E-state index in [1.54, 1.807) is 12.3 Å². The molecule has 9 heteroatoms. The van der Waals surface area contributed by atoms with Crippen LogP contribution in [0.2, 0.25) is 5.02 Å². The van der Waals surface area contributed by atoms with E-state index in [-0.39, 0.29) is 22.9 Å². The molecule has 1 aromatic carbocycles. The predicted octanol–water partition coefficient (Wildman–Crippen LogP) is 2.32. The average Bonchev–Trinajstić information content (AvgIpc) is 2.89. The first-order valence-corrected chi connectivity index (χ1v) is 8.46. The van der Waals surface area contributed by atoms with Crippen LogP contribution >= 0.6 is 22.9 Å². The molecular weight excluding hydrogens is 366 g/mol. The lowest BCUT2D eigenvalue weighted by atomic mass is 10.2. The smallest absolute Gasteiger partial charge is 0.308 e. The molecular formula is C16H14ClN3O4S. The minimum absolute atomic E-state index is 0.00649. The number of carbonyl (C=O) groups is 2. The van der Waals surface area contributed by atoms with Gasteiger partial charge in [0.05, 0.1) is 17.0 Å². The molecule has 0 aliphatic heterocycles. The number of nitrogens with zero attached hydrogens (tertiary/aromatic N) is 2. The maximum absolute atomic E-state index is 11.8. The SMILES string of the molecule is Cc1csc(=O)n1CCC(=O)OCC(=O)Nc1ccc(C#N)c(Cl)c1. The van der Waals surface area contributed by atoms with E-state index in [0.717, 1.165) is 17.0 Å². The number of nitrogens with one attached hydrogen (secondary N) is 1. The van der Waals surface area contributed by atoms with Gasteiger partial charge in [0.15, 0.2) is 6.61 Å². The fourth-order valence-electron chi connectivity index (χ4n) is 1.98. The molecule has 0 bridgehead atoms. The van der Waals surface area contributed by atoms with Crippen LogP contribution in [0.1, 0.15) is 17.7 Å². The zero-order valence-electron chi connectivity index (χ0n) is 13.2. The molecule has 130 valence electrons. The Balaban J connectivity index is 1.79. The Morgan fingerprint density at radius 3 is 2.80 bits per heavy atom. The van der Waals surface area contributed by atoms with Gasteiger partial charge in [-0.15, -0.1) is 0 Å². The number of thiazole rings is 1. The van der Waals surface area contributed by atoms with Gasteiger partial charge in [0.1, 0.15) is 6.07 Å². The first-order valence-electron chi connectivity index (χ1n) is 7.20. The third-order valence-corrected chi connectivity index (χ3v) is 4.45. The minimum Gasteiger partial charge on any atom is -0.456 e. The van der Waals surface area contributed by atoms with Gasteiger partial charge < -0.3 is 14.6 Å². The Morgan fingerprint density at radius 2 is 2.20 bits per heavy atom. The fourth-order valence-corrected chi connectivity index (χ4v) is 2.96. The molecule has 2 aromatic rings. The Hall–Kier alpha value is -2.63. The molecule has 0 atom stereocenters. The molecule has 0 fully saturated rings. The summed E-state index contributed by atoms with van der Waals surface area (Å²) in [6, 6.07) is 6.35. The highest BCUT2D eigenvalue weighted by molar-refractivity contribution is 7.07. The summed E-state index contributed by atoms with van der Waals surface area (Å²) in [4.78, 5) is 34.8. The van der Waals surface area contributed by atoms with Crippen molar-refractivity contribution in [2.24, 2.45) is 0 Å². The van der Waals surface area contributed by atoms with Gasteiger partial charge in [-0.3, -0.25) is 14.4 Å². The summed E-state index contributed by atoms with van der Waals surface area (Å²) in [5.74, 6) is -1.11. The van der Waals surface area contributed by atoms with Crippen molar-refractivity contribution in [1.29, 1.82) is 5.26 Å². The molecule has 2 rings (SSSR count). The third-order valence-electron chi connectivity index (χ3n) is 3.25. The van der Waals surface area contributed by atoms with Gasteiger partial charge in [-0.25, -0.2) is 0 Å². The number of hydrogen-bond donors (Lipinski definition) is 1. The summed E-state index contributed by atoms with van der Waals surface area (Å²) in [5, 5.41) is 13.2. The van der Waals surface area contributed by atoms with Crippen LogP contribution in [0.5, 0.6) is 0 Å². The lowest BCUT2D eigenvalue weighted by molar-refractivity contribution is -0.147. The topological polar surface area (TPSA) is 101 Å². The van der Waals surface area contributed by atoms with Gasteiger partial charge in [0, 0.05) is 23.3 Å². The van der Waals surface area contributed by atoms with Gasteiger partial charge in [-0.05, 0) is 25.1 Å². The molecule has 1 N–H and O–H groups in total. The molecule has 0 saturated carbocycles. The molecule has 1 heterocycles. The maximum Gasteiger partial charge on any atom is 0.308 e. The number of esters is 1. The highest BCUT2D eigenvalue weighted by Crippen LogP contribution is 2.20. The van der Waals surface area contributed by atoms with Gasteiger partial charge in [-0.2, -0.15) is 5.26 Å². The van der Waals surface area contributed by atoms with Gasteiger partial charge in [0.2, 0.25) is 0 Å². The van der Waals surface area contributed by atoms with Crippen LogP contribution in [0.25, 0.3) is 0 Å². The zero-order valence-corrected chi connectivity index (χ0v) is 14.8. The van der Waals surface area contributed by atoms with E-state index in [4.69, 9.17) is 21.6 Å². The number of rotatable bonds is 6. The van der Waals surface area contributed by atoms with Crippen molar-refractivity contribution in [3.05, 3.63) is 49.5 Å². The summed E-state index contributed by atoms with van der Waals surface area (Å²) in [7, 11) is 0. The quantitative estimate of drug-likeness (QED) is 0.776.